The summed E-state index contributed by atoms with van der Waals surface area (Å²) in [5.74, 6) is 1.02. The molecule has 1 fully saturated rings. The molecule has 1 aliphatic heterocycles. The lowest BCUT2D eigenvalue weighted by Crippen LogP contribution is -2.24. The standard InChI is InChI=1S/C21H20N4O3S/c1-28-15-8-10-16(11-9-15)29(26,27)19(14-22)20-21(25-12-4-5-13-25)24-18-7-3-2-6-17(18)23-20/h2-3,6-11,19H,4-5,12-13H2,1H3/t19-/m1/s1. The summed E-state index contributed by atoms with van der Waals surface area (Å²) in [7, 11) is -2.49. The van der Waals surface area contributed by atoms with Gasteiger partial charge < -0.3 is 9.64 Å². The van der Waals surface area contributed by atoms with E-state index in [9.17, 15) is 13.7 Å². The average molecular weight is 408 g/mol. The van der Waals surface area contributed by atoms with Gasteiger partial charge in [-0.05, 0) is 49.2 Å². The van der Waals surface area contributed by atoms with E-state index in [1.54, 1.807) is 18.2 Å². The highest BCUT2D eigenvalue weighted by Gasteiger charge is 2.35. The molecule has 29 heavy (non-hydrogen) atoms. The maximum atomic E-state index is 13.3. The SMILES string of the molecule is COc1ccc(S(=O)(=O)[C@H](C#N)c2nc3ccccc3nc2N2CCCC2)cc1. The van der Waals surface area contributed by atoms with Crippen LogP contribution in [0.1, 0.15) is 23.8 Å². The fourth-order valence-corrected chi connectivity index (χ4v) is 4.90. The molecule has 7 nitrogen and oxygen atoms in total. The van der Waals surface area contributed by atoms with Crippen molar-refractivity contribution >= 4 is 26.7 Å². The molecule has 0 saturated carbocycles. The fourth-order valence-electron chi connectivity index (χ4n) is 3.52. The smallest absolute Gasteiger partial charge is 0.200 e. The maximum Gasteiger partial charge on any atom is 0.200 e. The second-order valence-corrected chi connectivity index (χ2v) is 8.88. The summed E-state index contributed by atoms with van der Waals surface area (Å²) in [6.45, 7) is 1.53. The van der Waals surface area contributed by atoms with Crippen LogP contribution in [0.2, 0.25) is 0 Å². The Balaban J connectivity index is 1.87. The quantitative estimate of drug-likeness (QED) is 0.639. The zero-order valence-electron chi connectivity index (χ0n) is 15.9. The van der Waals surface area contributed by atoms with Crippen LogP contribution in [0.5, 0.6) is 5.75 Å². The average Bonchev–Trinajstić information content (AvgIpc) is 3.28. The summed E-state index contributed by atoms with van der Waals surface area (Å²) in [4.78, 5) is 11.3. The summed E-state index contributed by atoms with van der Waals surface area (Å²) in [6, 6.07) is 15.3. The summed E-state index contributed by atoms with van der Waals surface area (Å²) >= 11 is 0. The molecule has 8 heteroatoms. The van der Waals surface area contributed by atoms with Crippen molar-refractivity contribution in [2.45, 2.75) is 23.0 Å². The van der Waals surface area contributed by atoms with Crippen molar-refractivity contribution in [1.82, 2.24) is 9.97 Å². The van der Waals surface area contributed by atoms with Crippen LogP contribution in [0.3, 0.4) is 0 Å². The van der Waals surface area contributed by atoms with Crippen LogP contribution in [0, 0.1) is 11.3 Å². The molecule has 0 aliphatic carbocycles. The van der Waals surface area contributed by atoms with E-state index >= 15 is 0 Å². The highest BCUT2D eigenvalue weighted by molar-refractivity contribution is 7.92. The van der Waals surface area contributed by atoms with E-state index in [0.717, 1.165) is 25.9 Å². The maximum absolute atomic E-state index is 13.3. The van der Waals surface area contributed by atoms with Gasteiger partial charge in [0.2, 0.25) is 9.84 Å². The molecule has 1 atom stereocenters. The summed E-state index contributed by atoms with van der Waals surface area (Å²) in [5.41, 5.74) is 1.43. The van der Waals surface area contributed by atoms with Gasteiger partial charge in [-0.25, -0.2) is 18.4 Å². The summed E-state index contributed by atoms with van der Waals surface area (Å²) in [6.07, 6.45) is 1.99. The van der Waals surface area contributed by atoms with E-state index in [1.165, 1.54) is 19.2 Å². The molecule has 2 aromatic carbocycles. The lowest BCUT2D eigenvalue weighted by molar-refractivity contribution is 0.414. The number of nitriles is 1. The van der Waals surface area contributed by atoms with Crippen molar-refractivity contribution in [3.8, 4) is 11.8 Å². The highest BCUT2D eigenvalue weighted by atomic mass is 32.2. The third kappa shape index (κ3) is 3.49. The zero-order chi connectivity index (χ0) is 20.4. The Morgan fingerprint density at radius 1 is 1.03 bits per heavy atom. The van der Waals surface area contributed by atoms with Crippen molar-refractivity contribution in [3.63, 3.8) is 0 Å². The minimum atomic E-state index is -4.00. The van der Waals surface area contributed by atoms with Crippen LogP contribution in [0.15, 0.2) is 53.4 Å². The van der Waals surface area contributed by atoms with Gasteiger partial charge in [-0.1, -0.05) is 12.1 Å². The van der Waals surface area contributed by atoms with Crippen LogP contribution in [0.4, 0.5) is 5.82 Å². The summed E-state index contributed by atoms with van der Waals surface area (Å²) < 4.78 is 31.7. The molecule has 0 amide bonds. The van der Waals surface area contributed by atoms with Gasteiger partial charge >= 0.3 is 0 Å². The number of rotatable bonds is 5. The molecule has 4 rings (SSSR count). The van der Waals surface area contributed by atoms with Crippen LogP contribution in [0.25, 0.3) is 11.0 Å². The van der Waals surface area contributed by atoms with Crippen LogP contribution in [-0.4, -0.2) is 38.6 Å². The van der Waals surface area contributed by atoms with E-state index in [-0.39, 0.29) is 10.6 Å². The molecule has 0 N–H and O–H groups in total. The third-order valence-electron chi connectivity index (χ3n) is 5.05. The Hall–Kier alpha value is -3.18. The zero-order valence-corrected chi connectivity index (χ0v) is 16.8. The van der Waals surface area contributed by atoms with Crippen molar-refractivity contribution in [1.29, 1.82) is 5.26 Å². The van der Waals surface area contributed by atoms with Gasteiger partial charge in [0.1, 0.15) is 11.4 Å². The monoisotopic (exact) mass is 408 g/mol. The number of benzene rings is 2. The largest absolute Gasteiger partial charge is 0.497 e. The molecule has 0 radical (unpaired) electrons. The van der Waals surface area contributed by atoms with Gasteiger partial charge in [0, 0.05) is 13.1 Å². The molecular formula is C21H20N4O3S. The molecule has 0 unspecified atom stereocenters. The lowest BCUT2D eigenvalue weighted by atomic mass is 10.2. The lowest BCUT2D eigenvalue weighted by Gasteiger charge is -2.22. The van der Waals surface area contributed by atoms with Crippen molar-refractivity contribution in [2.75, 3.05) is 25.1 Å². The van der Waals surface area contributed by atoms with E-state index in [2.05, 4.69) is 9.97 Å². The predicted molar refractivity (Wildman–Crippen MR) is 110 cm³/mol. The number of hydrogen-bond donors (Lipinski definition) is 0. The molecule has 3 aromatic rings. The normalized spacial score (nSPS) is 15.2. The number of ether oxygens (including phenoxy) is 1. The topological polar surface area (TPSA) is 96.2 Å². The van der Waals surface area contributed by atoms with Gasteiger partial charge in [0.25, 0.3) is 0 Å². The number of aromatic nitrogens is 2. The summed E-state index contributed by atoms with van der Waals surface area (Å²) in [5, 5.41) is 8.42. The number of sulfone groups is 1. The first kappa shape index (κ1) is 19.2. The minimum Gasteiger partial charge on any atom is -0.497 e. The van der Waals surface area contributed by atoms with Gasteiger partial charge in [-0.2, -0.15) is 5.26 Å². The van der Waals surface area contributed by atoms with Crippen molar-refractivity contribution in [3.05, 3.63) is 54.2 Å². The molecule has 2 heterocycles. The van der Waals surface area contributed by atoms with Crippen LogP contribution < -0.4 is 9.64 Å². The third-order valence-corrected chi connectivity index (χ3v) is 6.93. The Labute approximate surface area is 169 Å². The predicted octanol–water partition coefficient (Wildman–Crippen LogP) is 3.28. The van der Waals surface area contributed by atoms with Crippen LogP contribution in [-0.2, 0) is 9.84 Å². The molecule has 148 valence electrons. The van der Waals surface area contributed by atoms with E-state index in [4.69, 9.17) is 4.74 Å². The number of fused-ring (bicyclic) bond motifs is 1. The first-order valence-electron chi connectivity index (χ1n) is 9.34. The Bertz CT molecular complexity index is 1180. The molecule has 0 spiro atoms. The van der Waals surface area contributed by atoms with Gasteiger partial charge in [-0.3, -0.25) is 0 Å². The van der Waals surface area contributed by atoms with E-state index < -0.39 is 15.1 Å². The second kappa shape index (κ2) is 7.68. The first-order valence-corrected chi connectivity index (χ1v) is 10.9. The minimum absolute atomic E-state index is 0.0483. The van der Waals surface area contributed by atoms with E-state index in [1.807, 2.05) is 29.2 Å². The molecule has 1 saturated heterocycles. The second-order valence-electron chi connectivity index (χ2n) is 6.85. The number of methoxy groups -OCH3 is 1. The molecule has 1 aromatic heterocycles. The highest BCUT2D eigenvalue weighted by Crippen LogP contribution is 2.35. The number of hydrogen-bond acceptors (Lipinski definition) is 7. The van der Waals surface area contributed by atoms with Gasteiger partial charge in [0.15, 0.2) is 11.1 Å². The molecule has 0 bridgehead atoms. The van der Waals surface area contributed by atoms with Crippen molar-refractivity contribution in [2.24, 2.45) is 0 Å². The molecule has 1 aliphatic rings. The van der Waals surface area contributed by atoms with Gasteiger partial charge in [0.05, 0.1) is 29.1 Å². The number of anilines is 1. The van der Waals surface area contributed by atoms with Crippen molar-refractivity contribution < 1.29 is 13.2 Å². The number of para-hydroxylation sites is 2. The van der Waals surface area contributed by atoms with E-state index in [0.29, 0.717) is 22.6 Å². The fraction of sp³-hybridized carbons (Fsp3) is 0.286. The van der Waals surface area contributed by atoms with Gasteiger partial charge in [-0.15, -0.1) is 0 Å². The Kier molecular flexibility index (Phi) is 5.07. The van der Waals surface area contributed by atoms with Crippen LogP contribution >= 0.6 is 0 Å². The number of nitrogens with zero attached hydrogens (tertiary/aromatic N) is 4. The first-order chi connectivity index (χ1) is 14.0. The Morgan fingerprint density at radius 3 is 2.24 bits per heavy atom. The Morgan fingerprint density at radius 2 is 1.66 bits per heavy atom. The molecular weight excluding hydrogens is 388 g/mol.